The van der Waals surface area contributed by atoms with E-state index in [9.17, 15) is 19.5 Å². The third kappa shape index (κ3) is 3.00. The number of nitrogens with one attached hydrogen (secondary N) is 2. The minimum atomic E-state index is -0.852. The second-order valence-corrected chi connectivity index (χ2v) is 5.01. The number of Topliss-reactive ketones (excluding diaryl/α,β-unsaturated/α-hetero) is 1. The molecule has 1 aromatic heterocycles. The Balaban J connectivity index is 2.70. The molecule has 8 heteroatoms. The molecule has 0 aliphatic carbocycles. The Labute approximate surface area is 131 Å². The van der Waals surface area contributed by atoms with Crippen molar-refractivity contribution in [3.8, 4) is 0 Å². The van der Waals surface area contributed by atoms with Crippen molar-refractivity contribution in [3.05, 3.63) is 35.1 Å². The van der Waals surface area contributed by atoms with Crippen molar-refractivity contribution in [1.82, 2.24) is 4.98 Å². The normalized spacial score (nSPS) is 11.9. The maximum atomic E-state index is 11.7. The van der Waals surface area contributed by atoms with Crippen molar-refractivity contribution in [1.29, 1.82) is 0 Å². The number of carbonyl (C=O) groups is 3. The highest BCUT2D eigenvalue weighted by atomic mass is 16.3. The number of rotatable bonds is 4. The summed E-state index contributed by atoms with van der Waals surface area (Å²) in [7, 11) is 0. The van der Waals surface area contributed by atoms with Gasteiger partial charge in [-0.3, -0.25) is 14.9 Å². The molecule has 0 fully saturated rings. The summed E-state index contributed by atoms with van der Waals surface area (Å²) in [4.78, 5) is 37.1. The van der Waals surface area contributed by atoms with Gasteiger partial charge in [0.15, 0.2) is 5.78 Å². The second kappa shape index (κ2) is 5.84. The fraction of sp³-hybridized carbons (Fsp3) is 0.133. The molecule has 0 aliphatic rings. The van der Waals surface area contributed by atoms with Crippen LogP contribution in [0.25, 0.3) is 16.5 Å². The number of amides is 3. The molecule has 23 heavy (non-hydrogen) atoms. The summed E-state index contributed by atoms with van der Waals surface area (Å²) in [5.41, 5.74) is 11.6. The van der Waals surface area contributed by atoms with E-state index in [0.717, 1.165) is 0 Å². The van der Waals surface area contributed by atoms with Crippen molar-refractivity contribution in [2.45, 2.75) is 13.8 Å². The van der Waals surface area contributed by atoms with E-state index in [-0.39, 0.29) is 28.5 Å². The van der Waals surface area contributed by atoms with Crippen molar-refractivity contribution in [2.24, 2.45) is 11.5 Å². The standard InChI is InChI=1S/C15H16N4O4/c1-6(20)11(7(2)21)8-3-4-9-10(5-8)18-14(19-15(17)23)12(9)13(16)22/h3-5,18,20H,1-2H3,(H2,16,22)(H3,17,19,23)/b11-6+. The van der Waals surface area contributed by atoms with Crippen LogP contribution in [0, 0.1) is 0 Å². The minimum Gasteiger partial charge on any atom is -0.512 e. The quantitative estimate of drug-likeness (QED) is 0.430. The Bertz CT molecular complexity index is 860. The lowest BCUT2D eigenvalue weighted by Crippen LogP contribution is -2.22. The van der Waals surface area contributed by atoms with E-state index in [1.807, 2.05) is 0 Å². The van der Waals surface area contributed by atoms with Gasteiger partial charge in [-0.2, -0.15) is 0 Å². The van der Waals surface area contributed by atoms with Gasteiger partial charge in [0.05, 0.1) is 11.1 Å². The van der Waals surface area contributed by atoms with Gasteiger partial charge < -0.3 is 21.6 Å². The van der Waals surface area contributed by atoms with E-state index in [0.29, 0.717) is 16.5 Å². The van der Waals surface area contributed by atoms with Gasteiger partial charge in [-0.25, -0.2) is 4.79 Å². The van der Waals surface area contributed by atoms with Crippen LogP contribution in [0.2, 0.25) is 0 Å². The number of hydrogen-bond donors (Lipinski definition) is 5. The molecule has 0 saturated carbocycles. The average molecular weight is 316 g/mol. The van der Waals surface area contributed by atoms with Crippen LogP contribution in [0.15, 0.2) is 24.0 Å². The molecular weight excluding hydrogens is 300 g/mol. The summed E-state index contributed by atoms with van der Waals surface area (Å²) in [6.07, 6.45) is 0. The summed E-state index contributed by atoms with van der Waals surface area (Å²) in [5, 5.41) is 12.4. The first-order valence-corrected chi connectivity index (χ1v) is 6.65. The summed E-state index contributed by atoms with van der Waals surface area (Å²) < 4.78 is 0. The number of aromatic nitrogens is 1. The average Bonchev–Trinajstić information content (AvgIpc) is 2.73. The maximum Gasteiger partial charge on any atom is 0.317 e. The molecule has 0 atom stereocenters. The number of benzene rings is 1. The topological polar surface area (TPSA) is 151 Å². The van der Waals surface area contributed by atoms with Gasteiger partial charge in [-0.05, 0) is 25.5 Å². The minimum absolute atomic E-state index is 0.0752. The second-order valence-electron chi connectivity index (χ2n) is 5.01. The highest BCUT2D eigenvalue weighted by Gasteiger charge is 2.19. The van der Waals surface area contributed by atoms with Crippen LogP contribution in [0.1, 0.15) is 29.8 Å². The van der Waals surface area contributed by atoms with Crippen LogP contribution in [0.4, 0.5) is 10.6 Å². The highest BCUT2D eigenvalue weighted by Crippen LogP contribution is 2.29. The number of carbonyl (C=O) groups excluding carboxylic acids is 3. The summed E-state index contributed by atoms with van der Waals surface area (Å²) in [5.74, 6) is -1.09. The van der Waals surface area contributed by atoms with Crippen LogP contribution in [-0.4, -0.2) is 27.8 Å². The number of allylic oxidation sites excluding steroid dienone is 2. The zero-order chi connectivity index (χ0) is 17.3. The first-order chi connectivity index (χ1) is 10.7. The van der Waals surface area contributed by atoms with Crippen LogP contribution in [0.5, 0.6) is 0 Å². The van der Waals surface area contributed by atoms with Gasteiger partial charge in [-0.1, -0.05) is 12.1 Å². The molecule has 1 aromatic carbocycles. The molecule has 3 amide bonds. The number of fused-ring (bicyclic) bond motifs is 1. The summed E-state index contributed by atoms with van der Waals surface area (Å²) >= 11 is 0. The lowest BCUT2D eigenvalue weighted by Gasteiger charge is -2.05. The monoisotopic (exact) mass is 316 g/mol. The van der Waals surface area contributed by atoms with E-state index >= 15 is 0 Å². The molecule has 0 unspecified atom stereocenters. The van der Waals surface area contributed by atoms with E-state index < -0.39 is 11.9 Å². The smallest absolute Gasteiger partial charge is 0.317 e. The molecule has 0 spiro atoms. The highest BCUT2D eigenvalue weighted by molar-refractivity contribution is 6.21. The molecule has 2 aromatic rings. The number of aliphatic hydroxyl groups excluding tert-OH is 1. The van der Waals surface area contributed by atoms with Crippen molar-refractivity contribution in [2.75, 3.05) is 5.32 Å². The Hall–Kier alpha value is -3.29. The molecule has 0 saturated heterocycles. The van der Waals surface area contributed by atoms with E-state index in [1.54, 1.807) is 18.2 Å². The van der Waals surface area contributed by atoms with Crippen molar-refractivity contribution >= 4 is 40.0 Å². The van der Waals surface area contributed by atoms with Gasteiger partial charge in [-0.15, -0.1) is 0 Å². The molecular formula is C15H16N4O4. The van der Waals surface area contributed by atoms with Gasteiger partial charge in [0.1, 0.15) is 11.6 Å². The van der Waals surface area contributed by atoms with Crippen LogP contribution in [-0.2, 0) is 4.79 Å². The zero-order valence-electron chi connectivity index (χ0n) is 12.6. The number of hydrogen-bond acceptors (Lipinski definition) is 4. The molecule has 2 rings (SSSR count). The number of urea groups is 1. The van der Waals surface area contributed by atoms with E-state index in [4.69, 9.17) is 11.5 Å². The number of primary amides is 2. The SMILES string of the molecule is CC(=O)/C(=C(/C)O)c1ccc2c(C(N)=O)c(NC(N)=O)[nH]c2c1. The van der Waals surface area contributed by atoms with Crippen LogP contribution >= 0.6 is 0 Å². The Morgan fingerprint density at radius 1 is 1.17 bits per heavy atom. The fourth-order valence-corrected chi connectivity index (χ4v) is 2.49. The van der Waals surface area contributed by atoms with Crippen LogP contribution in [0.3, 0.4) is 0 Å². The molecule has 8 nitrogen and oxygen atoms in total. The Kier molecular flexibility index (Phi) is 4.08. The first-order valence-electron chi connectivity index (χ1n) is 6.65. The lowest BCUT2D eigenvalue weighted by atomic mass is 9.99. The number of aliphatic hydroxyl groups is 1. The number of nitrogens with two attached hydrogens (primary N) is 2. The molecule has 7 N–H and O–H groups in total. The molecule has 120 valence electrons. The zero-order valence-corrected chi connectivity index (χ0v) is 12.6. The molecule has 1 heterocycles. The molecule has 0 radical (unpaired) electrons. The van der Waals surface area contributed by atoms with Crippen LogP contribution < -0.4 is 16.8 Å². The summed E-state index contributed by atoms with van der Waals surface area (Å²) in [6, 6.07) is 3.87. The molecule has 0 bridgehead atoms. The van der Waals surface area contributed by atoms with E-state index in [1.165, 1.54) is 13.8 Å². The maximum absolute atomic E-state index is 11.7. The predicted octanol–water partition coefficient (Wildman–Crippen LogP) is 1.64. The number of aromatic amines is 1. The molecule has 0 aliphatic heterocycles. The number of H-pyrrole nitrogens is 1. The Morgan fingerprint density at radius 2 is 1.83 bits per heavy atom. The first kappa shape index (κ1) is 16.1. The Morgan fingerprint density at radius 3 is 2.30 bits per heavy atom. The van der Waals surface area contributed by atoms with Gasteiger partial charge >= 0.3 is 6.03 Å². The van der Waals surface area contributed by atoms with E-state index in [2.05, 4.69) is 10.3 Å². The van der Waals surface area contributed by atoms with Gasteiger partial charge in [0, 0.05) is 10.9 Å². The number of anilines is 1. The summed E-state index contributed by atoms with van der Waals surface area (Å²) in [6.45, 7) is 2.74. The fourth-order valence-electron chi connectivity index (χ4n) is 2.49. The van der Waals surface area contributed by atoms with Crippen molar-refractivity contribution in [3.63, 3.8) is 0 Å². The predicted molar refractivity (Wildman–Crippen MR) is 85.9 cm³/mol. The lowest BCUT2D eigenvalue weighted by molar-refractivity contribution is -0.111. The third-order valence-electron chi connectivity index (χ3n) is 3.30. The van der Waals surface area contributed by atoms with Gasteiger partial charge in [0.25, 0.3) is 5.91 Å². The number of ketones is 1. The van der Waals surface area contributed by atoms with Gasteiger partial charge in [0.2, 0.25) is 0 Å². The van der Waals surface area contributed by atoms with Crippen molar-refractivity contribution < 1.29 is 19.5 Å². The third-order valence-corrected chi connectivity index (χ3v) is 3.30. The largest absolute Gasteiger partial charge is 0.512 e.